The van der Waals surface area contributed by atoms with Crippen molar-refractivity contribution in [3.05, 3.63) is 43.2 Å². The Kier molecular flexibility index (Phi) is 10.4. The molecule has 0 aliphatic heterocycles. The van der Waals surface area contributed by atoms with Crippen LogP contribution in [0.5, 0.6) is 0 Å². The molecule has 0 spiro atoms. The lowest BCUT2D eigenvalue weighted by molar-refractivity contribution is 0.662. The number of aromatic nitrogens is 2. The van der Waals surface area contributed by atoms with E-state index >= 15 is 0 Å². The molecule has 0 aliphatic rings. The molecule has 0 unspecified atom stereocenters. The molecule has 182 valence electrons. The normalized spacial score (nSPS) is 11.5. The summed E-state index contributed by atoms with van der Waals surface area (Å²) in [5.74, 6) is 0. The van der Waals surface area contributed by atoms with Crippen molar-refractivity contribution >= 4 is 77.2 Å². The molecule has 4 aromatic rings. The summed E-state index contributed by atoms with van der Waals surface area (Å²) in [4.78, 5) is 15.6. The van der Waals surface area contributed by atoms with Crippen molar-refractivity contribution in [2.75, 3.05) is 0 Å². The third kappa shape index (κ3) is 6.88. The summed E-state index contributed by atoms with van der Waals surface area (Å²) in [7, 11) is 0. The molecule has 0 amide bonds. The Labute approximate surface area is 236 Å². The largest absolute Gasteiger partial charge is 0.238 e. The summed E-state index contributed by atoms with van der Waals surface area (Å²) in [5.41, 5.74) is 2.48. The first-order valence-corrected chi connectivity index (χ1v) is 17.0. The summed E-state index contributed by atoms with van der Waals surface area (Å²) in [6.07, 6.45) is 12.1. The van der Waals surface area contributed by atoms with Crippen LogP contribution in [-0.2, 0) is 12.8 Å². The third-order valence-corrected chi connectivity index (χ3v) is 11.7. The maximum atomic E-state index is 5.18. The van der Waals surface area contributed by atoms with E-state index in [1.54, 1.807) is 22.7 Å². The molecule has 4 aromatic heterocycles. The molecule has 4 rings (SSSR count). The lowest BCUT2D eigenvalue weighted by atomic mass is 10.1. The van der Waals surface area contributed by atoms with Crippen molar-refractivity contribution in [3.63, 3.8) is 0 Å². The van der Waals surface area contributed by atoms with Gasteiger partial charge in [0.15, 0.2) is 10.0 Å². The summed E-state index contributed by atoms with van der Waals surface area (Å²) in [5, 5.41) is 4.32. The number of thiazole rings is 2. The highest BCUT2D eigenvalue weighted by atomic mass is 79.9. The van der Waals surface area contributed by atoms with Crippen molar-refractivity contribution in [1.29, 1.82) is 0 Å². The van der Waals surface area contributed by atoms with Crippen LogP contribution >= 0.6 is 77.2 Å². The molecule has 4 heterocycles. The van der Waals surface area contributed by atoms with E-state index in [4.69, 9.17) is 9.97 Å². The van der Waals surface area contributed by atoms with Crippen molar-refractivity contribution < 1.29 is 0 Å². The van der Waals surface area contributed by atoms with Crippen LogP contribution in [0.25, 0.3) is 29.5 Å². The van der Waals surface area contributed by atoms with Gasteiger partial charge in [0.05, 0.1) is 24.9 Å². The fourth-order valence-electron chi connectivity index (χ4n) is 3.92. The van der Waals surface area contributed by atoms with Gasteiger partial charge in [0.25, 0.3) is 0 Å². The molecule has 0 saturated heterocycles. The lowest BCUT2D eigenvalue weighted by Crippen LogP contribution is -1.90. The number of unbranched alkanes of at least 4 members (excludes halogenated alkanes) is 6. The quantitative estimate of drug-likeness (QED) is 0.134. The minimum Gasteiger partial charge on any atom is -0.238 e. The lowest BCUT2D eigenvalue weighted by Gasteiger charge is -2.00. The Bertz CT molecular complexity index is 1090. The Morgan fingerprint density at radius 3 is 1.76 bits per heavy atom. The van der Waals surface area contributed by atoms with Crippen molar-refractivity contribution in [3.8, 4) is 29.5 Å². The van der Waals surface area contributed by atoms with Crippen LogP contribution in [0.4, 0.5) is 0 Å². The van der Waals surface area contributed by atoms with Crippen molar-refractivity contribution in [2.24, 2.45) is 0 Å². The summed E-state index contributed by atoms with van der Waals surface area (Å²) >= 11 is 14.5. The molecule has 34 heavy (non-hydrogen) atoms. The Balaban J connectivity index is 1.66. The van der Waals surface area contributed by atoms with Gasteiger partial charge in [0.2, 0.25) is 0 Å². The van der Waals surface area contributed by atoms with Crippen LogP contribution in [0.3, 0.4) is 0 Å². The van der Waals surface area contributed by atoms with Gasteiger partial charge in [-0.1, -0.05) is 52.4 Å². The van der Waals surface area contributed by atoms with Crippen LogP contribution in [0.2, 0.25) is 0 Å². The second-order valence-corrected chi connectivity index (χ2v) is 14.7. The number of aryl methyl sites for hydroxylation is 2. The monoisotopic (exact) mass is 656 g/mol. The van der Waals surface area contributed by atoms with Crippen LogP contribution in [-0.4, -0.2) is 9.97 Å². The van der Waals surface area contributed by atoms with Crippen LogP contribution < -0.4 is 0 Å². The van der Waals surface area contributed by atoms with Crippen molar-refractivity contribution in [1.82, 2.24) is 9.97 Å². The van der Waals surface area contributed by atoms with Gasteiger partial charge in [-0.15, -0.1) is 45.3 Å². The van der Waals surface area contributed by atoms with Crippen LogP contribution in [0.1, 0.15) is 76.6 Å². The van der Waals surface area contributed by atoms with Gasteiger partial charge in [-0.3, -0.25) is 0 Å². The van der Waals surface area contributed by atoms with E-state index < -0.39 is 0 Å². The second kappa shape index (κ2) is 13.2. The number of thiophene rings is 2. The molecule has 0 fully saturated rings. The maximum Gasteiger partial charge on any atom is 0.153 e. The third-order valence-electron chi connectivity index (χ3n) is 5.70. The first-order valence-electron chi connectivity index (χ1n) is 12.1. The Morgan fingerprint density at radius 2 is 1.29 bits per heavy atom. The van der Waals surface area contributed by atoms with Gasteiger partial charge in [-0.25, -0.2) is 9.97 Å². The standard InChI is InChI=1S/C26H30Br2N2S4/c1-3-5-7-9-11-18-23(20-13-14-22(28)32-20)33-25(29-18)26-30-19(12-10-8-6-4-2)24(34-26)21-15-17(27)16-31-21/h13-16H,3-12H2,1-2H3. The molecule has 0 saturated carbocycles. The SMILES string of the molecule is CCCCCCc1nc(-c2nc(CCCCCC)c(-c3ccc(Br)s3)s2)sc1-c1cc(Br)cs1. The Hall–Kier alpha value is -0.380. The summed E-state index contributed by atoms with van der Waals surface area (Å²) in [6, 6.07) is 6.59. The molecule has 0 bridgehead atoms. The van der Waals surface area contributed by atoms with Gasteiger partial charge < -0.3 is 0 Å². The van der Waals surface area contributed by atoms with Gasteiger partial charge in [-0.2, -0.15) is 0 Å². The van der Waals surface area contributed by atoms with E-state index in [0.717, 1.165) is 27.3 Å². The second-order valence-electron chi connectivity index (χ2n) is 8.44. The van der Waals surface area contributed by atoms with Gasteiger partial charge >= 0.3 is 0 Å². The van der Waals surface area contributed by atoms with Crippen LogP contribution in [0.15, 0.2) is 31.8 Å². The average Bonchev–Trinajstić information content (AvgIpc) is 3.60. The highest BCUT2D eigenvalue weighted by Gasteiger charge is 2.21. The Morgan fingerprint density at radius 1 is 0.706 bits per heavy atom. The van der Waals surface area contributed by atoms with Crippen molar-refractivity contribution in [2.45, 2.75) is 78.1 Å². The number of nitrogens with zero attached hydrogens (tertiary/aromatic N) is 2. The summed E-state index contributed by atoms with van der Waals surface area (Å²) < 4.78 is 2.32. The number of hydrogen-bond donors (Lipinski definition) is 0. The van der Waals surface area contributed by atoms with Crippen LogP contribution in [0, 0.1) is 0 Å². The highest BCUT2D eigenvalue weighted by Crippen LogP contribution is 2.44. The molecule has 2 nitrogen and oxygen atoms in total. The first-order chi connectivity index (χ1) is 16.6. The van der Waals surface area contributed by atoms with E-state index in [9.17, 15) is 0 Å². The zero-order chi connectivity index (χ0) is 23.9. The zero-order valence-corrected chi connectivity index (χ0v) is 26.1. The van der Waals surface area contributed by atoms with E-state index in [2.05, 4.69) is 69.3 Å². The van der Waals surface area contributed by atoms with E-state index in [1.807, 2.05) is 22.7 Å². The fraction of sp³-hybridized carbons (Fsp3) is 0.462. The minimum atomic E-state index is 1.04. The molecule has 0 aromatic carbocycles. The predicted molar refractivity (Wildman–Crippen MR) is 161 cm³/mol. The molecule has 0 N–H and O–H groups in total. The topological polar surface area (TPSA) is 25.8 Å². The fourth-order valence-corrected chi connectivity index (χ4v) is 9.25. The van der Waals surface area contributed by atoms with Gasteiger partial charge in [0, 0.05) is 19.6 Å². The summed E-state index contributed by atoms with van der Waals surface area (Å²) in [6.45, 7) is 4.53. The van der Waals surface area contributed by atoms with Gasteiger partial charge in [0.1, 0.15) is 0 Å². The molecular weight excluding hydrogens is 628 g/mol. The predicted octanol–water partition coefficient (Wildman–Crippen LogP) is 11.5. The van der Waals surface area contributed by atoms with E-state index in [-0.39, 0.29) is 0 Å². The minimum absolute atomic E-state index is 1.04. The zero-order valence-electron chi connectivity index (χ0n) is 19.7. The maximum absolute atomic E-state index is 5.18. The number of rotatable bonds is 13. The smallest absolute Gasteiger partial charge is 0.153 e. The number of halogens is 2. The van der Waals surface area contributed by atoms with E-state index in [1.165, 1.54) is 86.0 Å². The molecule has 8 heteroatoms. The first kappa shape index (κ1) is 26.7. The van der Waals surface area contributed by atoms with Gasteiger partial charge in [-0.05, 0) is 75.7 Å². The molecule has 0 atom stereocenters. The number of hydrogen-bond acceptors (Lipinski definition) is 6. The molecule has 0 aliphatic carbocycles. The van der Waals surface area contributed by atoms with E-state index in [0.29, 0.717) is 0 Å². The molecule has 0 radical (unpaired) electrons. The highest BCUT2D eigenvalue weighted by molar-refractivity contribution is 9.11. The molecular formula is C26H30Br2N2S4. The average molecular weight is 659 g/mol.